The summed E-state index contributed by atoms with van der Waals surface area (Å²) >= 11 is 0. The molecule has 0 radical (unpaired) electrons. The highest BCUT2D eigenvalue weighted by molar-refractivity contribution is 7.92. The van der Waals surface area contributed by atoms with E-state index >= 15 is 0 Å². The first-order valence-electron chi connectivity index (χ1n) is 6.25. The second kappa shape index (κ2) is 6.19. The number of benzene rings is 1. The molecule has 0 N–H and O–H groups in total. The van der Waals surface area contributed by atoms with E-state index in [9.17, 15) is 13.2 Å². The fraction of sp³-hybridized carbons (Fsp3) is 0.500. The standard InChI is InChI=1S/C14H20O4S/c1-10(2)18-14(15)9-12-5-7-13(8-6-12)19(16,17)11(3)4/h5-8,10-11H,9H2,1-4H3. The van der Waals surface area contributed by atoms with Crippen molar-refractivity contribution in [3.63, 3.8) is 0 Å². The normalized spacial score (nSPS) is 11.9. The summed E-state index contributed by atoms with van der Waals surface area (Å²) in [6.07, 6.45) is 0.00768. The summed E-state index contributed by atoms with van der Waals surface area (Å²) < 4.78 is 28.9. The Labute approximate surface area is 114 Å². The lowest BCUT2D eigenvalue weighted by atomic mass is 10.1. The minimum Gasteiger partial charge on any atom is -0.463 e. The van der Waals surface area contributed by atoms with E-state index in [1.165, 1.54) is 12.1 Å². The molecule has 0 aliphatic heterocycles. The van der Waals surface area contributed by atoms with Crippen molar-refractivity contribution in [3.8, 4) is 0 Å². The van der Waals surface area contributed by atoms with E-state index < -0.39 is 15.1 Å². The monoisotopic (exact) mass is 284 g/mol. The van der Waals surface area contributed by atoms with Crippen LogP contribution in [0.15, 0.2) is 29.2 Å². The summed E-state index contributed by atoms with van der Waals surface area (Å²) in [7, 11) is -3.26. The number of sulfone groups is 1. The highest BCUT2D eigenvalue weighted by Gasteiger charge is 2.18. The predicted octanol–water partition coefficient (Wildman–Crippen LogP) is 2.36. The molecule has 0 aromatic heterocycles. The maximum atomic E-state index is 11.9. The van der Waals surface area contributed by atoms with Gasteiger partial charge in [0.25, 0.3) is 0 Å². The molecule has 0 spiro atoms. The number of carbonyl (C=O) groups is 1. The molecule has 106 valence electrons. The molecule has 5 heteroatoms. The van der Waals surface area contributed by atoms with Crippen molar-refractivity contribution in [1.82, 2.24) is 0 Å². The van der Waals surface area contributed by atoms with E-state index in [2.05, 4.69) is 0 Å². The second-order valence-electron chi connectivity index (χ2n) is 4.95. The van der Waals surface area contributed by atoms with Crippen LogP contribution in [0, 0.1) is 0 Å². The largest absolute Gasteiger partial charge is 0.463 e. The molecule has 0 atom stereocenters. The number of esters is 1. The molecule has 0 saturated carbocycles. The van der Waals surface area contributed by atoms with Crippen LogP contribution in [0.25, 0.3) is 0 Å². The van der Waals surface area contributed by atoms with Crippen LogP contribution < -0.4 is 0 Å². The maximum absolute atomic E-state index is 11.9. The molecule has 0 fully saturated rings. The van der Waals surface area contributed by atoms with Gasteiger partial charge < -0.3 is 4.74 Å². The maximum Gasteiger partial charge on any atom is 0.310 e. The Morgan fingerprint density at radius 1 is 1.11 bits per heavy atom. The number of carbonyl (C=O) groups excluding carboxylic acids is 1. The Morgan fingerprint density at radius 2 is 1.63 bits per heavy atom. The van der Waals surface area contributed by atoms with Gasteiger partial charge in [0.2, 0.25) is 0 Å². The van der Waals surface area contributed by atoms with Crippen LogP contribution in [-0.2, 0) is 25.8 Å². The molecule has 1 rings (SSSR count). The summed E-state index contributed by atoms with van der Waals surface area (Å²) in [5.74, 6) is -0.311. The Balaban J connectivity index is 2.81. The predicted molar refractivity (Wildman–Crippen MR) is 73.7 cm³/mol. The molecule has 0 bridgehead atoms. The molecule has 4 nitrogen and oxygen atoms in total. The fourth-order valence-electron chi connectivity index (χ4n) is 1.54. The zero-order valence-corrected chi connectivity index (χ0v) is 12.5. The molecular formula is C14H20O4S. The Morgan fingerprint density at radius 3 is 2.05 bits per heavy atom. The lowest BCUT2D eigenvalue weighted by molar-refractivity contribution is -0.146. The van der Waals surface area contributed by atoms with Gasteiger partial charge in [0.1, 0.15) is 0 Å². The average molecular weight is 284 g/mol. The number of hydrogen-bond donors (Lipinski definition) is 0. The van der Waals surface area contributed by atoms with Crippen LogP contribution in [0.4, 0.5) is 0 Å². The van der Waals surface area contributed by atoms with Gasteiger partial charge >= 0.3 is 5.97 Å². The first-order chi connectivity index (χ1) is 8.73. The molecule has 0 amide bonds. The van der Waals surface area contributed by atoms with E-state index in [1.54, 1.807) is 39.8 Å². The zero-order chi connectivity index (χ0) is 14.6. The summed E-state index contributed by atoms with van der Waals surface area (Å²) in [4.78, 5) is 11.8. The lowest BCUT2D eigenvalue weighted by Crippen LogP contribution is -2.15. The van der Waals surface area contributed by atoms with Crippen molar-refractivity contribution in [1.29, 1.82) is 0 Å². The molecular weight excluding hydrogens is 264 g/mol. The minimum atomic E-state index is -3.26. The molecule has 0 aliphatic rings. The topological polar surface area (TPSA) is 60.4 Å². The van der Waals surface area contributed by atoms with Gasteiger partial charge in [0.15, 0.2) is 9.84 Å². The van der Waals surface area contributed by atoms with E-state index in [-0.39, 0.29) is 23.4 Å². The van der Waals surface area contributed by atoms with Crippen molar-refractivity contribution in [2.24, 2.45) is 0 Å². The van der Waals surface area contributed by atoms with Gasteiger partial charge in [0.05, 0.1) is 22.7 Å². The SMILES string of the molecule is CC(C)OC(=O)Cc1ccc(S(=O)(=O)C(C)C)cc1. The molecule has 1 aromatic carbocycles. The quantitative estimate of drug-likeness (QED) is 0.779. The van der Waals surface area contributed by atoms with E-state index in [1.807, 2.05) is 0 Å². The highest BCUT2D eigenvalue weighted by Crippen LogP contribution is 2.16. The lowest BCUT2D eigenvalue weighted by Gasteiger charge is -2.10. The summed E-state index contributed by atoms with van der Waals surface area (Å²) in [5.41, 5.74) is 0.744. The first-order valence-corrected chi connectivity index (χ1v) is 7.80. The van der Waals surface area contributed by atoms with Crippen LogP contribution in [0.2, 0.25) is 0 Å². The van der Waals surface area contributed by atoms with Crippen LogP contribution in [0.3, 0.4) is 0 Å². The van der Waals surface area contributed by atoms with Crippen molar-refractivity contribution < 1.29 is 17.9 Å². The Hall–Kier alpha value is -1.36. The van der Waals surface area contributed by atoms with Crippen LogP contribution in [0.1, 0.15) is 33.3 Å². The average Bonchev–Trinajstić information content (AvgIpc) is 2.28. The van der Waals surface area contributed by atoms with Gasteiger partial charge in [-0.3, -0.25) is 4.79 Å². The summed E-state index contributed by atoms with van der Waals surface area (Å²) in [6.45, 7) is 6.86. The number of rotatable bonds is 5. The van der Waals surface area contributed by atoms with Gasteiger partial charge in [-0.05, 0) is 45.4 Å². The Bertz CT molecular complexity index is 527. The van der Waals surface area contributed by atoms with Gasteiger partial charge in [0, 0.05) is 0 Å². The molecule has 1 aromatic rings. The second-order valence-corrected chi connectivity index (χ2v) is 7.46. The summed E-state index contributed by atoms with van der Waals surface area (Å²) in [5, 5.41) is -0.454. The molecule has 19 heavy (non-hydrogen) atoms. The summed E-state index contributed by atoms with van der Waals surface area (Å²) in [6, 6.07) is 6.37. The van der Waals surface area contributed by atoms with Crippen molar-refractivity contribution in [3.05, 3.63) is 29.8 Å². The van der Waals surface area contributed by atoms with E-state index in [0.29, 0.717) is 0 Å². The zero-order valence-electron chi connectivity index (χ0n) is 11.7. The van der Waals surface area contributed by atoms with Crippen LogP contribution in [0.5, 0.6) is 0 Å². The third-order valence-corrected chi connectivity index (χ3v) is 4.76. The van der Waals surface area contributed by atoms with Gasteiger partial charge in [-0.2, -0.15) is 0 Å². The number of ether oxygens (including phenoxy) is 1. The molecule has 0 unspecified atom stereocenters. The van der Waals surface area contributed by atoms with Gasteiger partial charge in [-0.25, -0.2) is 8.42 Å². The third kappa shape index (κ3) is 4.35. The number of hydrogen-bond acceptors (Lipinski definition) is 4. The smallest absolute Gasteiger partial charge is 0.310 e. The Kier molecular flexibility index (Phi) is 5.11. The van der Waals surface area contributed by atoms with E-state index in [4.69, 9.17) is 4.74 Å². The van der Waals surface area contributed by atoms with E-state index in [0.717, 1.165) is 5.56 Å². The molecule has 0 aliphatic carbocycles. The van der Waals surface area contributed by atoms with Crippen molar-refractivity contribution >= 4 is 15.8 Å². The molecule has 0 saturated heterocycles. The van der Waals surface area contributed by atoms with Gasteiger partial charge in [-0.1, -0.05) is 12.1 Å². The highest BCUT2D eigenvalue weighted by atomic mass is 32.2. The third-order valence-electron chi connectivity index (χ3n) is 2.59. The molecule has 0 heterocycles. The minimum absolute atomic E-state index is 0.145. The van der Waals surface area contributed by atoms with Crippen molar-refractivity contribution in [2.75, 3.05) is 0 Å². The van der Waals surface area contributed by atoms with Crippen LogP contribution in [-0.4, -0.2) is 25.7 Å². The first kappa shape index (κ1) is 15.7. The van der Waals surface area contributed by atoms with Crippen molar-refractivity contribution in [2.45, 2.75) is 50.4 Å². The van der Waals surface area contributed by atoms with Crippen LogP contribution >= 0.6 is 0 Å². The van der Waals surface area contributed by atoms with Gasteiger partial charge in [-0.15, -0.1) is 0 Å². The fourth-order valence-corrected chi connectivity index (χ4v) is 2.60.